The summed E-state index contributed by atoms with van der Waals surface area (Å²) in [4.78, 5) is 23.6. The third-order valence-corrected chi connectivity index (χ3v) is 5.18. The van der Waals surface area contributed by atoms with E-state index in [9.17, 15) is 9.59 Å². The molecule has 3 rings (SSSR count). The molecular formula is C17H21N5O2S. The molecule has 0 bridgehead atoms. The molecule has 132 valence electrons. The van der Waals surface area contributed by atoms with Gasteiger partial charge in [0.2, 0.25) is 11.8 Å². The summed E-state index contributed by atoms with van der Waals surface area (Å²) in [5.41, 5.74) is 8.31. The SMILES string of the molecule is Cc1cccc(NC(=O)CSc2nnc(C3CC3)n2CC(N)=O)c1C. The lowest BCUT2D eigenvalue weighted by Gasteiger charge is -2.10. The summed E-state index contributed by atoms with van der Waals surface area (Å²) in [5, 5.41) is 11.8. The Kier molecular flexibility index (Phi) is 5.08. The highest BCUT2D eigenvalue weighted by atomic mass is 32.2. The number of amides is 2. The number of primary amides is 1. The number of nitrogens with one attached hydrogen (secondary N) is 1. The van der Waals surface area contributed by atoms with Crippen LogP contribution in [0.2, 0.25) is 0 Å². The van der Waals surface area contributed by atoms with Crippen molar-refractivity contribution in [2.75, 3.05) is 11.1 Å². The standard InChI is InChI=1S/C17H21N5O2S/c1-10-4-3-5-13(11(10)2)19-15(24)9-25-17-21-20-16(12-6-7-12)22(17)8-14(18)23/h3-5,12H,6-9H2,1-2H3,(H2,18,23)(H,19,24). The monoisotopic (exact) mass is 359 g/mol. The summed E-state index contributed by atoms with van der Waals surface area (Å²) in [6, 6.07) is 5.80. The van der Waals surface area contributed by atoms with Gasteiger partial charge in [-0.3, -0.25) is 14.2 Å². The maximum atomic E-state index is 12.3. The van der Waals surface area contributed by atoms with Gasteiger partial charge in [-0.05, 0) is 43.9 Å². The van der Waals surface area contributed by atoms with Crippen LogP contribution < -0.4 is 11.1 Å². The zero-order valence-electron chi connectivity index (χ0n) is 14.3. The molecule has 1 fully saturated rings. The van der Waals surface area contributed by atoms with Crippen LogP contribution in [0.25, 0.3) is 0 Å². The maximum absolute atomic E-state index is 12.3. The van der Waals surface area contributed by atoms with Crippen LogP contribution in [0.3, 0.4) is 0 Å². The van der Waals surface area contributed by atoms with Gasteiger partial charge in [0.05, 0.1) is 5.75 Å². The Morgan fingerprint density at radius 1 is 1.32 bits per heavy atom. The summed E-state index contributed by atoms with van der Waals surface area (Å²) in [6.45, 7) is 4.02. The predicted octanol–water partition coefficient (Wildman–Crippen LogP) is 1.99. The van der Waals surface area contributed by atoms with Gasteiger partial charge in [0.15, 0.2) is 5.16 Å². The molecule has 1 aromatic carbocycles. The molecule has 0 spiro atoms. The lowest BCUT2D eigenvalue weighted by atomic mass is 10.1. The minimum absolute atomic E-state index is 0.0414. The van der Waals surface area contributed by atoms with Gasteiger partial charge in [0.25, 0.3) is 0 Å². The molecule has 25 heavy (non-hydrogen) atoms. The van der Waals surface area contributed by atoms with Crippen molar-refractivity contribution in [3.05, 3.63) is 35.2 Å². The number of aromatic nitrogens is 3. The van der Waals surface area contributed by atoms with E-state index < -0.39 is 5.91 Å². The zero-order valence-corrected chi connectivity index (χ0v) is 15.1. The van der Waals surface area contributed by atoms with Crippen LogP contribution in [0, 0.1) is 13.8 Å². The summed E-state index contributed by atoms with van der Waals surface area (Å²) in [7, 11) is 0. The molecule has 0 atom stereocenters. The van der Waals surface area contributed by atoms with Crippen molar-refractivity contribution in [2.24, 2.45) is 5.73 Å². The first-order valence-corrected chi connectivity index (χ1v) is 9.14. The van der Waals surface area contributed by atoms with Gasteiger partial charge in [0.1, 0.15) is 12.4 Å². The van der Waals surface area contributed by atoms with E-state index in [-0.39, 0.29) is 18.2 Å². The fourth-order valence-corrected chi connectivity index (χ4v) is 3.30. The van der Waals surface area contributed by atoms with Crippen LogP contribution in [0.4, 0.5) is 5.69 Å². The normalized spacial score (nSPS) is 13.7. The topological polar surface area (TPSA) is 103 Å². The highest BCUT2D eigenvalue weighted by Gasteiger charge is 2.31. The molecular weight excluding hydrogens is 338 g/mol. The molecule has 0 unspecified atom stereocenters. The van der Waals surface area contributed by atoms with Crippen molar-refractivity contribution in [3.8, 4) is 0 Å². The van der Waals surface area contributed by atoms with E-state index in [0.717, 1.165) is 35.5 Å². The van der Waals surface area contributed by atoms with Gasteiger partial charge in [-0.1, -0.05) is 23.9 Å². The average Bonchev–Trinajstić information content (AvgIpc) is 3.32. The van der Waals surface area contributed by atoms with Crippen molar-refractivity contribution in [3.63, 3.8) is 0 Å². The number of nitrogens with zero attached hydrogens (tertiary/aromatic N) is 3. The Morgan fingerprint density at radius 2 is 2.08 bits per heavy atom. The van der Waals surface area contributed by atoms with Gasteiger partial charge in [-0.15, -0.1) is 10.2 Å². The molecule has 1 aromatic heterocycles. The second-order valence-electron chi connectivity index (χ2n) is 6.25. The van der Waals surface area contributed by atoms with E-state index >= 15 is 0 Å². The number of thioether (sulfide) groups is 1. The average molecular weight is 359 g/mol. The molecule has 7 nitrogen and oxygen atoms in total. The first-order chi connectivity index (χ1) is 12.0. The number of hydrogen-bond donors (Lipinski definition) is 2. The highest BCUT2D eigenvalue weighted by molar-refractivity contribution is 7.99. The first kappa shape index (κ1) is 17.5. The minimum atomic E-state index is -0.441. The number of benzene rings is 1. The Balaban J connectivity index is 1.66. The Labute approximate surface area is 150 Å². The Morgan fingerprint density at radius 3 is 2.76 bits per heavy atom. The van der Waals surface area contributed by atoms with Crippen molar-refractivity contribution in [1.82, 2.24) is 14.8 Å². The van der Waals surface area contributed by atoms with E-state index in [2.05, 4.69) is 15.5 Å². The number of hydrogen-bond acceptors (Lipinski definition) is 5. The zero-order chi connectivity index (χ0) is 18.0. The number of carbonyl (C=O) groups is 2. The fourth-order valence-electron chi connectivity index (χ4n) is 2.56. The lowest BCUT2D eigenvalue weighted by Crippen LogP contribution is -2.21. The van der Waals surface area contributed by atoms with Crippen LogP contribution in [-0.4, -0.2) is 32.3 Å². The lowest BCUT2D eigenvalue weighted by molar-refractivity contribution is -0.118. The number of anilines is 1. The molecule has 0 saturated heterocycles. The molecule has 2 aromatic rings. The molecule has 1 aliphatic carbocycles. The van der Waals surface area contributed by atoms with Crippen molar-refractivity contribution < 1.29 is 9.59 Å². The van der Waals surface area contributed by atoms with Crippen molar-refractivity contribution in [1.29, 1.82) is 0 Å². The molecule has 0 radical (unpaired) electrons. The van der Waals surface area contributed by atoms with E-state index in [1.165, 1.54) is 11.8 Å². The van der Waals surface area contributed by atoms with Crippen LogP contribution in [0.5, 0.6) is 0 Å². The van der Waals surface area contributed by atoms with Gasteiger partial charge >= 0.3 is 0 Å². The molecule has 1 aliphatic rings. The van der Waals surface area contributed by atoms with Crippen molar-refractivity contribution in [2.45, 2.75) is 44.3 Å². The number of carbonyl (C=O) groups excluding carboxylic acids is 2. The quantitative estimate of drug-likeness (QED) is 0.736. The smallest absolute Gasteiger partial charge is 0.237 e. The van der Waals surface area contributed by atoms with Gasteiger partial charge < -0.3 is 11.1 Å². The van der Waals surface area contributed by atoms with E-state index in [4.69, 9.17) is 5.73 Å². The molecule has 3 N–H and O–H groups in total. The van der Waals surface area contributed by atoms with Crippen molar-refractivity contribution >= 4 is 29.3 Å². The maximum Gasteiger partial charge on any atom is 0.237 e. The van der Waals surface area contributed by atoms with Crippen LogP contribution in [-0.2, 0) is 16.1 Å². The van der Waals surface area contributed by atoms with E-state index in [0.29, 0.717) is 11.1 Å². The number of nitrogens with two attached hydrogens (primary N) is 1. The highest BCUT2D eigenvalue weighted by Crippen LogP contribution is 2.40. The van der Waals surface area contributed by atoms with E-state index in [1.807, 2.05) is 32.0 Å². The molecule has 1 heterocycles. The van der Waals surface area contributed by atoms with Crippen LogP contribution in [0.15, 0.2) is 23.4 Å². The largest absolute Gasteiger partial charge is 0.368 e. The number of aryl methyl sites for hydroxylation is 1. The Hall–Kier alpha value is -2.35. The second kappa shape index (κ2) is 7.26. The predicted molar refractivity (Wildman–Crippen MR) is 96.5 cm³/mol. The third-order valence-electron chi connectivity index (χ3n) is 4.21. The van der Waals surface area contributed by atoms with E-state index in [1.54, 1.807) is 4.57 Å². The van der Waals surface area contributed by atoms with Gasteiger partial charge in [0, 0.05) is 11.6 Å². The second-order valence-corrected chi connectivity index (χ2v) is 7.19. The Bertz CT molecular complexity index is 813. The van der Waals surface area contributed by atoms with Gasteiger partial charge in [-0.2, -0.15) is 0 Å². The molecule has 0 aliphatic heterocycles. The first-order valence-electron chi connectivity index (χ1n) is 8.16. The molecule has 2 amide bonds. The third kappa shape index (κ3) is 4.19. The fraction of sp³-hybridized carbons (Fsp3) is 0.412. The summed E-state index contributed by atoms with van der Waals surface area (Å²) < 4.78 is 1.73. The summed E-state index contributed by atoms with van der Waals surface area (Å²) in [5.74, 6) is 0.763. The van der Waals surface area contributed by atoms with Gasteiger partial charge in [-0.25, -0.2) is 0 Å². The summed E-state index contributed by atoms with van der Waals surface area (Å²) in [6.07, 6.45) is 2.10. The van der Waals surface area contributed by atoms with Crippen LogP contribution in [0.1, 0.15) is 35.7 Å². The summed E-state index contributed by atoms with van der Waals surface area (Å²) >= 11 is 1.26. The molecule has 8 heteroatoms. The number of rotatable bonds is 7. The van der Waals surface area contributed by atoms with Crippen LogP contribution >= 0.6 is 11.8 Å². The minimum Gasteiger partial charge on any atom is -0.368 e. The molecule has 1 saturated carbocycles.